The van der Waals surface area contributed by atoms with Crippen LogP contribution >= 0.6 is 0 Å². The third-order valence-corrected chi connectivity index (χ3v) is 4.27. The monoisotopic (exact) mass is 343 g/mol. The van der Waals surface area contributed by atoms with Gasteiger partial charge in [0.15, 0.2) is 0 Å². The van der Waals surface area contributed by atoms with Crippen LogP contribution in [0.4, 0.5) is 10.3 Å². The molecular weight excluding hydrogens is 321 g/mol. The minimum Gasteiger partial charge on any atom is -0.350 e. The van der Waals surface area contributed by atoms with E-state index in [2.05, 4.69) is 32.1 Å². The number of likely N-dealkylation sites (N-methyl/N-ethyl adjacent to an activating group) is 1. The van der Waals surface area contributed by atoms with Gasteiger partial charge in [0.2, 0.25) is 5.95 Å². The summed E-state index contributed by atoms with van der Waals surface area (Å²) in [5, 5.41) is 2.85. The maximum atomic E-state index is 12.9. The maximum absolute atomic E-state index is 12.9. The van der Waals surface area contributed by atoms with E-state index >= 15 is 0 Å². The first-order valence-electron chi connectivity index (χ1n) is 8.41. The van der Waals surface area contributed by atoms with Crippen LogP contribution in [-0.4, -0.2) is 60.5 Å². The number of hydrogen-bond acceptors (Lipinski definition) is 5. The molecule has 132 valence electrons. The third kappa shape index (κ3) is 4.73. The number of benzene rings is 1. The number of aromatic nitrogens is 2. The van der Waals surface area contributed by atoms with Crippen molar-refractivity contribution in [3.8, 4) is 0 Å². The van der Waals surface area contributed by atoms with E-state index in [1.165, 1.54) is 12.1 Å². The lowest BCUT2D eigenvalue weighted by Crippen LogP contribution is -2.45. The van der Waals surface area contributed by atoms with E-state index < -0.39 is 0 Å². The third-order valence-electron chi connectivity index (χ3n) is 4.27. The van der Waals surface area contributed by atoms with Crippen molar-refractivity contribution in [2.45, 2.75) is 6.42 Å². The summed E-state index contributed by atoms with van der Waals surface area (Å²) in [6.07, 6.45) is 2.26. The van der Waals surface area contributed by atoms with E-state index in [1.807, 2.05) is 0 Å². The van der Waals surface area contributed by atoms with Gasteiger partial charge in [-0.1, -0.05) is 12.1 Å². The Kier molecular flexibility index (Phi) is 5.55. The van der Waals surface area contributed by atoms with Crippen LogP contribution in [0, 0.1) is 5.82 Å². The summed E-state index contributed by atoms with van der Waals surface area (Å²) in [6.45, 7) is 4.09. The average Bonchev–Trinajstić information content (AvgIpc) is 2.64. The molecule has 1 fully saturated rings. The van der Waals surface area contributed by atoms with E-state index in [1.54, 1.807) is 24.4 Å². The van der Waals surface area contributed by atoms with Crippen molar-refractivity contribution in [3.05, 3.63) is 53.6 Å². The number of rotatable bonds is 5. The lowest BCUT2D eigenvalue weighted by molar-refractivity contribution is 0.0949. The first-order valence-corrected chi connectivity index (χ1v) is 8.41. The highest BCUT2D eigenvalue weighted by atomic mass is 19.1. The summed E-state index contributed by atoms with van der Waals surface area (Å²) in [5.74, 6) is 0.115. The Hall–Kier alpha value is -2.54. The van der Waals surface area contributed by atoms with E-state index in [0.717, 1.165) is 31.7 Å². The van der Waals surface area contributed by atoms with Crippen LogP contribution in [-0.2, 0) is 6.42 Å². The molecular formula is C18H22FN5O. The minimum atomic E-state index is -0.259. The number of amides is 1. The Labute approximate surface area is 146 Å². The summed E-state index contributed by atoms with van der Waals surface area (Å²) in [6, 6.07) is 7.90. The van der Waals surface area contributed by atoms with Crippen molar-refractivity contribution in [2.24, 2.45) is 0 Å². The van der Waals surface area contributed by atoms with Crippen molar-refractivity contribution in [3.63, 3.8) is 0 Å². The van der Waals surface area contributed by atoms with Gasteiger partial charge in [0.1, 0.15) is 11.5 Å². The summed E-state index contributed by atoms with van der Waals surface area (Å²) >= 11 is 0. The van der Waals surface area contributed by atoms with E-state index in [9.17, 15) is 9.18 Å². The molecule has 0 radical (unpaired) electrons. The molecule has 0 bridgehead atoms. The van der Waals surface area contributed by atoms with Crippen molar-refractivity contribution in [1.82, 2.24) is 20.2 Å². The fourth-order valence-corrected chi connectivity index (χ4v) is 2.70. The molecule has 1 saturated heterocycles. The second-order valence-corrected chi connectivity index (χ2v) is 6.16. The molecule has 0 unspecified atom stereocenters. The molecule has 0 aliphatic carbocycles. The number of nitrogens with one attached hydrogen (secondary N) is 1. The first-order chi connectivity index (χ1) is 12.1. The standard InChI is InChI=1S/C18H22FN5O/c1-23-10-12-24(13-11-23)18-21-9-7-16(22-18)17(25)20-8-6-14-2-4-15(19)5-3-14/h2-5,7,9H,6,8,10-13H2,1H3,(H,20,25). The Bertz CT molecular complexity index is 714. The first kappa shape index (κ1) is 17.3. The highest BCUT2D eigenvalue weighted by Gasteiger charge is 2.17. The van der Waals surface area contributed by atoms with Gasteiger partial charge in [-0.05, 0) is 37.2 Å². The molecule has 1 aliphatic heterocycles. The number of halogens is 1. The Morgan fingerprint density at radius 1 is 1.16 bits per heavy atom. The molecule has 0 saturated carbocycles. The van der Waals surface area contributed by atoms with Crippen LogP contribution in [0.1, 0.15) is 16.1 Å². The summed E-state index contributed by atoms with van der Waals surface area (Å²) in [5.41, 5.74) is 1.34. The van der Waals surface area contributed by atoms with Gasteiger partial charge in [0, 0.05) is 38.9 Å². The van der Waals surface area contributed by atoms with E-state index in [0.29, 0.717) is 24.6 Å². The number of hydrogen-bond donors (Lipinski definition) is 1. The highest BCUT2D eigenvalue weighted by Crippen LogP contribution is 2.10. The second kappa shape index (κ2) is 8.02. The fourth-order valence-electron chi connectivity index (χ4n) is 2.70. The summed E-state index contributed by atoms with van der Waals surface area (Å²) in [4.78, 5) is 25.3. The Balaban J connectivity index is 1.55. The predicted octanol–water partition coefficient (Wildman–Crippen LogP) is 1.34. The number of carbonyl (C=O) groups is 1. The van der Waals surface area contributed by atoms with Gasteiger partial charge in [-0.25, -0.2) is 14.4 Å². The van der Waals surface area contributed by atoms with Crippen LogP contribution in [0.15, 0.2) is 36.5 Å². The molecule has 6 nitrogen and oxygen atoms in total. The van der Waals surface area contributed by atoms with Crippen molar-refractivity contribution in [1.29, 1.82) is 0 Å². The van der Waals surface area contributed by atoms with Crippen molar-refractivity contribution >= 4 is 11.9 Å². The van der Waals surface area contributed by atoms with Gasteiger partial charge in [-0.3, -0.25) is 4.79 Å². The van der Waals surface area contributed by atoms with Crippen molar-refractivity contribution < 1.29 is 9.18 Å². The summed E-state index contributed by atoms with van der Waals surface area (Å²) in [7, 11) is 2.09. The zero-order valence-corrected chi connectivity index (χ0v) is 14.3. The number of nitrogens with zero attached hydrogens (tertiary/aromatic N) is 4. The normalized spacial score (nSPS) is 15.2. The smallest absolute Gasteiger partial charge is 0.270 e. The zero-order chi connectivity index (χ0) is 17.6. The fraction of sp³-hybridized carbons (Fsp3) is 0.389. The van der Waals surface area contributed by atoms with Gasteiger partial charge in [0.05, 0.1) is 0 Å². The van der Waals surface area contributed by atoms with Crippen LogP contribution in [0.25, 0.3) is 0 Å². The van der Waals surface area contributed by atoms with Crippen molar-refractivity contribution in [2.75, 3.05) is 44.7 Å². The SMILES string of the molecule is CN1CCN(c2nccc(C(=O)NCCc3ccc(F)cc3)n2)CC1. The second-order valence-electron chi connectivity index (χ2n) is 6.16. The Morgan fingerprint density at radius 3 is 2.60 bits per heavy atom. The molecule has 3 rings (SSSR count). The molecule has 2 aromatic rings. The zero-order valence-electron chi connectivity index (χ0n) is 14.3. The summed E-state index contributed by atoms with van der Waals surface area (Å²) < 4.78 is 12.9. The van der Waals surface area contributed by atoms with Crippen LogP contribution < -0.4 is 10.2 Å². The largest absolute Gasteiger partial charge is 0.350 e. The lowest BCUT2D eigenvalue weighted by Gasteiger charge is -2.32. The highest BCUT2D eigenvalue weighted by molar-refractivity contribution is 5.92. The molecule has 1 aromatic heterocycles. The quantitative estimate of drug-likeness (QED) is 0.888. The molecule has 0 atom stereocenters. The maximum Gasteiger partial charge on any atom is 0.270 e. The molecule has 2 heterocycles. The topological polar surface area (TPSA) is 61.4 Å². The molecule has 1 amide bonds. The average molecular weight is 343 g/mol. The Morgan fingerprint density at radius 2 is 1.88 bits per heavy atom. The molecule has 25 heavy (non-hydrogen) atoms. The lowest BCUT2D eigenvalue weighted by atomic mass is 10.1. The van der Waals surface area contributed by atoms with Crippen LogP contribution in [0.3, 0.4) is 0 Å². The van der Waals surface area contributed by atoms with E-state index in [4.69, 9.17) is 0 Å². The van der Waals surface area contributed by atoms with E-state index in [-0.39, 0.29) is 11.7 Å². The van der Waals surface area contributed by atoms with Gasteiger partial charge in [0.25, 0.3) is 5.91 Å². The predicted molar refractivity (Wildman–Crippen MR) is 94.2 cm³/mol. The molecule has 1 aromatic carbocycles. The van der Waals surface area contributed by atoms with Gasteiger partial charge in [-0.2, -0.15) is 0 Å². The minimum absolute atomic E-state index is 0.222. The molecule has 7 heteroatoms. The number of carbonyl (C=O) groups excluding carboxylic acids is 1. The van der Waals surface area contributed by atoms with Gasteiger partial charge in [-0.15, -0.1) is 0 Å². The number of anilines is 1. The molecule has 1 N–H and O–H groups in total. The van der Waals surface area contributed by atoms with Crippen LogP contribution in [0.2, 0.25) is 0 Å². The molecule has 0 spiro atoms. The van der Waals surface area contributed by atoms with Crippen LogP contribution in [0.5, 0.6) is 0 Å². The van der Waals surface area contributed by atoms with Gasteiger partial charge >= 0.3 is 0 Å². The molecule has 1 aliphatic rings. The number of piperazine rings is 1. The van der Waals surface area contributed by atoms with Gasteiger partial charge < -0.3 is 15.1 Å².